The van der Waals surface area contributed by atoms with Gasteiger partial charge in [-0.1, -0.05) is 58.9 Å². The number of amides is 1. The van der Waals surface area contributed by atoms with Crippen LogP contribution in [0, 0.1) is 11.7 Å². The van der Waals surface area contributed by atoms with Crippen LogP contribution in [0.4, 0.5) is 10.1 Å². The van der Waals surface area contributed by atoms with Gasteiger partial charge in [0.05, 0.1) is 10.7 Å². The maximum absolute atomic E-state index is 13.2. The highest BCUT2D eigenvalue weighted by Crippen LogP contribution is 2.22. The first-order valence-electron chi connectivity index (χ1n) is 11.5. The van der Waals surface area contributed by atoms with E-state index < -0.39 is 0 Å². The van der Waals surface area contributed by atoms with Crippen molar-refractivity contribution in [1.29, 1.82) is 0 Å². The van der Waals surface area contributed by atoms with Crippen molar-refractivity contribution >= 4 is 23.2 Å². The summed E-state index contributed by atoms with van der Waals surface area (Å²) in [6.07, 6.45) is 9.43. The van der Waals surface area contributed by atoms with Crippen molar-refractivity contribution in [3.63, 3.8) is 0 Å². The minimum Gasteiger partial charge on any atom is -0.370 e. The molecule has 32 heavy (non-hydrogen) atoms. The molecule has 1 aromatic rings. The topological polar surface area (TPSA) is 32.3 Å². The molecule has 0 atom stereocenters. The van der Waals surface area contributed by atoms with Crippen LogP contribution in [0.3, 0.4) is 0 Å². The van der Waals surface area contributed by atoms with E-state index in [4.69, 9.17) is 11.6 Å². The van der Waals surface area contributed by atoms with E-state index in [1.807, 2.05) is 26.8 Å². The molecule has 1 N–H and O–H groups in total. The van der Waals surface area contributed by atoms with Crippen LogP contribution in [-0.2, 0) is 4.79 Å². The van der Waals surface area contributed by atoms with Crippen LogP contribution in [0.5, 0.6) is 0 Å². The van der Waals surface area contributed by atoms with Crippen molar-refractivity contribution in [2.24, 2.45) is 5.92 Å². The van der Waals surface area contributed by atoms with Gasteiger partial charge in [0.1, 0.15) is 5.82 Å². The highest BCUT2D eigenvalue weighted by molar-refractivity contribution is 6.31. The van der Waals surface area contributed by atoms with E-state index in [0.717, 1.165) is 36.2 Å². The monoisotopic (exact) mass is 464 g/mol. The summed E-state index contributed by atoms with van der Waals surface area (Å²) in [4.78, 5) is 13.1. The van der Waals surface area contributed by atoms with Gasteiger partial charge in [-0.3, -0.25) is 4.79 Å². The number of carbonyl (C=O) groups excluding carboxylic acids is 1. The highest BCUT2D eigenvalue weighted by atomic mass is 35.5. The zero-order valence-corrected chi connectivity index (χ0v) is 21.7. The quantitative estimate of drug-likeness (QED) is 0.334. The summed E-state index contributed by atoms with van der Waals surface area (Å²) in [5, 5.41) is 3.36. The van der Waals surface area contributed by atoms with Gasteiger partial charge in [-0.05, 0) is 73.9 Å². The Labute approximate surface area is 200 Å². The SMILES string of the molecule is C=C/C(Cl)=C(\C=C/C)N(CCC)CCCC(C)C.CC(=O)Nc1ccc(F)c(C(C)C)c1. The smallest absolute Gasteiger partial charge is 0.221 e. The van der Waals surface area contributed by atoms with Crippen molar-refractivity contribution in [3.8, 4) is 0 Å². The minimum absolute atomic E-state index is 0.115. The predicted octanol–water partition coefficient (Wildman–Crippen LogP) is 8.25. The Kier molecular flexibility index (Phi) is 15.5. The molecule has 0 radical (unpaired) electrons. The molecule has 1 aromatic carbocycles. The Morgan fingerprint density at radius 1 is 1.25 bits per heavy atom. The second-order valence-electron chi connectivity index (χ2n) is 8.53. The molecule has 1 amide bonds. The predicted molar refractivity (Wildman–Crippen MR) is 139 cm³/mol. The summed E-state index contributed by atoms with van der Waals surface area (Å²) in [5.74, 6) is 0.502. The van der Waals surface area contributed by atoms with Crippen LogP contribution in [-0.4, -0.2) is 23.9 Å². The fraction of sp³-hybridized carbons (Fsp3) is 0.519. The number of rotatable bonds is 11. The Morgan fingerprint density at radius 2 is 1.91 bits per heavy atom. The van der Waals surface area contributed by atoms with Gasteiger partial charge in [0, 0.05) is 25.7 Å². The third kappa shape index (κ3) is 12.1. The number of allylic oxidation sites excluding steroid dienone is 4. The van der Waals surface area contributed by atoms with Crippen molar-refractivity contribution in [2.75, 3.05) is 18.4 Å². The second kappa shape index (κ2) is 16.5. The number of carbonyl (C=O) groups is 1. The highest BCUT2D eigenvalue weighted by Gasteiger charge is 2.10. The summed E-state index contributed by atoms with van der Waals surface area (Å²) < 4.78 is 13.2. The van der Waals surface area contributed by atoms with Crippen molar-refractivity contribution in [2.45, 2.75) is 73.6 Å². The molecule has 3 nitrogen and oxygen atoms in total. The molecule has 0 aliphatic rings. The maximum atomic E-state index is 13.2. The van der Waals surface area contributed by atoms with E-state index in [-0.39, 0.29) is 17.6 Å². The summed E-state index contributed by atoms with van der Waals surface area (Å²) in [5.41, 5.74) is 2.36. The number of hydrogen-bond donors (Lipinski definition) is 1. The molecule has 0 spiro atoms. The van der Waals surface area contributed by atoms with E-state index in [9.17, 15) is 9.18 Å². The summed E-state index contributed by atoms with van der Waals surface area (Å²) in [6, 6.07) is 4.60. The third-order valence-corrected chi connectivity index (χ3v) is 5.08. The first kappa shape index (κ1) is 29.9. The zero-order chi connectivity index (χ0) is 24.7. The summed E-state index contributed by atoms with van der Waals surface area (Å²) in [6.45, 7) is 19.9. The first-order valence-corrected chi connectivity index (χ1v) is 11.9. The second-order valence-corrected chi connectivity index (χ2v) is 8.94. The first-order chi connectivity index (χ1) is 15.1. The molecule has 180 valence electrons. The molecule has 0 saturated carbocycles. The Morgan fingerprint density at radius 3 is 2.38 bits per heavy atom. The van der Waals surface area contributed by atoms with Gasteiger partial charge in [-0.2, -0.15) is 0 Å². The average Bonchev–Trinajstić information content (AvgIpc) is 2.72. The number of halogens is 2. The number of nitrogens with one attached hydrogen (secondary N) is 1. The van der Waals surface area contributed by atoms with Gasteiger partial charge in [-0.25, -0.2) is 4.39 Å². The van der Waals surface area contributed by atoms with E-state index in [0.29, 0.717) is 11.3 Å². The molecule has 0 heterocycles. The fourth-order valence-electron chi connectivity index (χ4n) is 3.18. The van der Waals surface area contributed by atoms with E-state index in [1.54, 1.807) is 18.2 Å². The van der Waals surface area contributed by atoms with Gasteiger partial charge in [-0.15, -0.1) is 0 Å². The minimum atomic E-state index is -0.228. The summed E-state index contributed by atoms with van der Waals surface area (Å²) in [7, 11) is 0. The molecule has 0 saturated heterocycles. The van der Waals surface area contributed by atoms with E-state index in [2.05, 4.69) is 43.6 Å². The Hall–Kier alpha value is -2.07. The standard InChI is InChI=1S/C16H28ClN.C11H14FNO/c1-6-10-16(15(17)8-3)18(12-7-2)13-9-11-14(4)5;1-7(2)10-6-9(13-8(3)14)4-5-11(10)12/h6,8,10,14H,3,7,9,11-13H2,1-2,4-5H3;4-7H,1-3H3,(H,13,14)/b10-6-,16-15-;. The molecule has 0 fully saturated rings. The molecule has 0 aliphatic heterocycles. The van der Waals surface area contributed by atoms with Gasteiger partial charge < -0.3 is 10.2 Å². The molecule has 0 aromatic heterocycles. The molecule has 1 rings (SSSR count). The Balaban J connectivity index is 0.000000618. The molecular formula is C27H42ClFN2O. The van der Waals surface area contributed by atoms with E-state index >= 15 is 0 Å². The van der Waals surface area contributed by atoms with Crippen molar-refractivity contribution in [1.82, 2.24) is 4.90 Å². The van der Waals surface area contributed by atoms with E-state index in [1.165, 1.54) is 25.8 Å². The van der Waals surface area contributed by atoms with Gasteiger partial charge in [0.25, 0.3) is 0 Å². The number of anilines is 1. The lowest BCUT2D eigenvalue weighted by molar-refractivity contribution is -0.114. The fourth-order valence-corrected chi connectivity index (χ4v) is 3.36. The largest absolute Gasteiger partial charge is 0.370 e. The van der Waals surface area contributed by atoms with Crippen LogP contribution in [0.1, 0.15) is 79.2 Å². The molecule has 0 unspecified atom stereocenters. The molecule has 0 aliphatic carbocycles. The lowest BCUT2D eigenvalue weighted by atomic mass is 10.0. The number of benzene rings is 1. The van der Waals surface area contributed by atoms with Gasteiger partial charge in [0.2, 0.25) is 5.91 Å². The van der Waals surface area contributed by atoms with Crippen molar-refractivity contribution < 1.29 is 9.18 Å². The van der Waals surface area contributed by atoms with Crippen LogP contribution < -0.4 is 5.32 Å². The average molecular weight is 465 g/mol. The lowest BCUT2D eigenvalue weighted by Gasteiger charge is -2.26. The Bertz CT molecular complexity index is 769. The number of nitrogens with zero attached hydrogens (tertiary/aromatic N) is 1. The molecule has 5 heteroatoms. The number of hydrogen-bond acceptors (Lipinski definition) is 2. The van der Waals surface area contributed by atoms with Gasteiger partial charge in [0.15, 0.2) is 0 Å². The maximum Gasteiger partial charge on any atom is 0.221 e. The third-order valence-electron chi connectivity index (χ3n) is 4.73. The lowest BCUT2D eigenvalue weighted by Crippen LogP contribution is -2.25. The zero-order valence-electron chi connectivity index (χ0n) is 21.0. The normalized spacial score (nSPS) is 11.8. The van der Waals surface area contributed by atoms with Crippen molar-refractivity contribution in [3.05, 3.63) is 65.1 Å². The van der Waals surface area contributed by atoms with Crippen LogP contribution in [0.25, 0.3) is 0 Å². The molecule has 0 bridgehead atoms. The van der Waals surface area contributed by atoms with Gasteiger partial charge >= 0.3 is 0 Å². The van der Waals surface area contributed by atoms with Crippen LogP contribution in [0.2, 0.25) is 0 Å². The van der Waals surface area contributed by atoms with Crippen LogP contribution in [0.15, 0.2) is 53.7 Å². The van der Waals surface area contributed by atoms with Crippen LogP contribution >= 0.6 is 11.6 Å². The summed E-state index contributed by atoms with van der Waals surface area (Å²) >= 11 is 6.25. The molecular weight excluding hydrogens is 423 g/mol.